The Kier molecular flexibility index (Phi) is 4.28. The number of benzene rings is 2. The van der Waals surface area contributed by atoms with Gasteiger partial charge in [-0.05, 0) is 36.2 Å². The van der Waals surface area contributed by atoms with Crippen LogP contribution >= 0.6 is 0 Å². The van der Waals surface area contributed by atoms with E-state index in [-0.39, 0.29) is 12.1 Å². The molecule has 1 aliphatic heterocycles. The summed E-state index contributed by atoms with van der Waals surface area (Å²) in [6.07, 6.45) is 1.96. The molecule has 1 unspecified atom stereocenters. The van der Waals surface area contributed by atoms with Gasteiger partial charge in [0.2, 0.25) is 0 Å². The Bertz CT molecular complexity index is 652. The third-order valence-corrected chi connectivity index (χ3v) is 3.73. The van der Waals surface area contributed by atoms with Crippen molar-refractivity contribution in [2.24, 2.45) is 0 Å². The molecule has 2 aromatic rings. The van der Waals surface area contributed by atoms with Gasteiger partial charge in [-0.1, -0.05) is 37.6 Å². The van der Waals surface area contributed by atoms with Crippen molar-refractivity contribution < 1.29 is 9.53 Å². The molecule has 2 aromatic carbocycles. The molecular formula is C18H20N2O2. The average Bonchev–Trinajstić information content (AvgIpc) is 2.56. The van der Waals surface area contributed by atoms with Crippen molar-refractivity contribution in [3.05, 3.63) is 59.7 Å². The van der Waals surface area contributed by atoms with Crippen LogP contribution in [0.2, 0.25) is 0 Å². The van der Waals surface area contributed by atoms with Gasteiger partial charge in [-0.15, -0.1) is 0 Å². The van der Waals surface area contributed by atoms with Gasteiger partial charge in [0.15, 0.2) is 0 Å². The minimum absolute atomic E-state index is 0.0531. The van der Waals surface area contributed by atoms with Crippen molar-refractivity contribution in [3.8, 4) is 5.75 Å². The minimum Gasteiger partial charge on any atom is -0.494 e. The smallest absolute Gasteiger partial charge is 0.255 e. The number of hydrogen-bond donors (Lipinski definition) is 2. The van der Waals surface area contributed by atoms with Crippen molar-refractivity contribution in [1.82, 2.24) is 5.32 Å². The normalized spacial score (nSPS) is 16.4. The van der Waals surface area contributed by atoms with Gasteiger partial charge in [0.1, 0.15) is 11.9 Å². The molecule has 2 N–H and O–H groups in total. The lowest BCUT2D eigenvalue weighted by atomic mass is 10.1. The highest BCUT2D eigenvalue weighted by Crippen LogP contribution is 2.27. The maximum Gasteiger partial charge on any atom is 0.255 e. The summed E-state index contributed by atoms with van der Waals surface area (Å²) in [6.45, 7) is 2.88. The van der Waals surface area contributed by atoms with Crippen molar-refractivity contribution in [2.75, 3.05) is 11.9 Å². The van der Waals surface area contributed by atoms with Gasteiger partial charge >= 0.3 is 0 Å². The van der Waals surface area contributed by atoms with Gasteiger partial charge in [0, 0.05) is 5.69 Å². The second kappa shape index (κ2) is 6.52. The molecule has 114 valence electrons. The Balaban J connectivity index is 1.71. The molecule has 0 bridgehead atoms. The second-order valence-corrected chi connectivity index (χ2v) is 5.37. The first kappa shape index (κ1) is 14.4. The highest BCUT2D eigenvalue weighted by molar-refractivity contribution is 6.01. The maximum atomic E-state index is 12.1. The molecule has 0 aliphatic carbocycles. The lowest BCUT2D eigenvalue weighted by Gasteiger charge is -2.28. The average molecular weight is 296 g/mol. The van der Waals surface area contributed by atoms with Crippen LogP contribution in [0.5, 0.6) is 5.75 Å². The zero-order valence-electron chi connectivity index (χ0n) is 12.6. The summed E-state index contributed by atoms with van der Waals surface area (Å²) in [6, 6.07) is 15.4. The molecule has 4 nitrogen and oxygen atoms in total. The van der Waals surface area contributed by atoms with Crippen LogP contribution < -0.4 is 15.4 Å². The number of fused-ring (bicyclic) bond motifs is 1. The van der Waals surface area contributed by atoms with Crippen LogP contribution in [-0.2, 0) is 0 Å². The predicted octanol–water partition coefficient (Wildman–Crippen LogP) is 3.72. The van der Waals surface area contributed by atoms with E-state index in [1.54, 1.807) is 0 Å². The molecule has 1 aliphatic rings. The van der Waals surface area contributed by atoms with E-state index < -0.39 is 0 Å². The number of rotatable bonds is 5. The third-order valence-electron chi connectivity index (χ3n) is 3.73. The number of nitrogens with one attached hydrogen (secondary N) is 2. The number of anilines is 1. The SMILES string of the molecule is CCCCOc1ccc(C2NC(=O)c3ccccc3N2)cc1. The molecule has 3 rings (SSSR count). The van der Waals surface area contributed by atoms with Crippen molar-refractivity contribution >= 4 is 11.6 Å². The fourth-order valence-corrected chi connectivity index (χ4v) is 2.46. The van der Waals surface area contributed by atoms with E-state index in [1.807, 2.05) is 48.5 Å². The summed E-state index contributed by atoms with van der Waals surface area (Å²) >= 11 is 0. The van der Waals surface area contributed by atoms with E-state index >= 15 is 0 Å². The standard InChI is InChI=1S/C18H20N2O2/c1-2-3-12-22-14-10-8-13(9-11-14)17-19-16-7-5-4-6-15(16)18(21)20-17/h4-11,17,19H,2-3,12H2,1H3,(H,20,21). The molecule has 1 heterocycles. The van der Waals surface area contributed by atoms with E-state index in [1.165, 1.54) is 0 Å². The number of para-hydroxylation sites is 1. The van der Waals surface area contributed by atoms with Crippen molar-refractivity contribution in [3.63, 3.8) is 0 Å². The first-order chi connectivity index (χ1) is 10.8. The van der Waals surface area contributed by atoms with Crippen LogP contribution in [0.25, 0.3) is 0 Å². The first-order valence-electron chi connectivity index (χ1n) is 7.67. The van der Waals surface area contributed by atoms with Crippen LogP contribution in [-0.4, -0.2) is 12.5 Å². The van der Waals surface area contributed by atoms with E-state index in [4.69, 9.17) is 4.74 Å². The molecular weight excluding hydrogens is 276 g/mol. The number of amides is 1. The molecule has 0 spiro atoms. The number of carbonyl (C=O) groups excluding carboxylic acids is 1. The monoisotopic (exact) mass is 296 g/mol. The van der Waals surface area contributed by atoms with Crippen LogP contribution in [0.3, 0.4) is 0 Å². The third kappa shape index (κ3) is 3.06. The zero-order valence-corrected chi connectivity index (χ0v) is 12.6. The van der Waals surface area contributed by atoms with E-state index in [2.05, 4.69) is 17.6 Å². The Morgan fingerprint density at radius 1 is 1.05 bits per heavy atom. The van der Waals surface area contributed by atoms with E-state index in [9.17, 15) is 4.79 Å². The Labute approximate surface area is 130 Å². The summed E-state index contributed by atoms with van der Waals surface area (Å²) in [5, 5.41) is 6.31. The fourth-order valence-electron chi connectivity index (χ4n) is 2.46. The Morgan fingerprint density at radius 3 is 2.59 bits per heavy atom. The van der Waals surface area contributed by atoms with Crippen molar-refractivity contribution in [2.45, 2.75) is 25.9 Å². The highest BCUT2D eigenvalue weighted by Gasteiger charge is 2.23. The molecule has 0 radical (unpaired) electrons. The van der Waals surface area contributed by atoms with Gasteiger partial charge in [-0.3, -0.25) is 4.79 Å². The molecule has 1 atom stereocenters. The number of ether oxygens (including phenoxy) is 1. The topological polar surface area (TPSA) is 50.4 Å². The van der Waals surface area contributed by atoms with Gasteiger partial charge in [-0.2, -0.15) is 0 Å². The fraction of sp³-hybridized carbons (Fsp3) is 0.278. The molecule has 0 aromatic heterocycles. The van der Waals surface area contributed by atoms with Crippen LogP contribution in [0, 0.1) is 0 Å². The molecule has 0 saturated heterocycles. The lowest BCUT2D eigenvalue weighted by molar-refractivity contribution is 0.0935. The van der Waals surface area contributed by atoms with Crippen LogP contribution in [0.15, 0.2) is 48.5 Å². The lowest BCUT2D eigenvalue weighted by Crippen LogP contribution is -2.38. The number of unbranched alkanes of at least 4 members (excludes halogenated alkanes) is 1. The van der Waals surface area contributed by atoms with Gasteiger partial charge in [0.25, 0.3) is 5.91 Å². The Hall–Kier alpha value is -2.49. The summed E-state index contributed by atoms with van der Waals surface area (Å²) in [5.74, 6) is 0.808. The molecule has 22 heavy (non-hydrogen) atoms. The number of carbonyl (C=O) groups is 1. The molecule has 4 heteroatoms. The summed E-state index contributed by atoms with van der Waals surface area (Å²) < 4.78 is 5.66. The van der Waals surface area contributed by atoms with Gasteiger partial charge < -0.3 is 15.4 Å². The number of hydrogen-bond acceptors (Lipinski definition) is 3. The van der Waals surface area contributed by atoms with E-state index in [0.29, 0.717) is 5.56 Å². The predicted molar refractivity (Wildman–Crippen MR) is 87.1 cm³/mol. The highest BCUT2D eigenvalue weighted by atomic mass is 16.5. The molecule has 0 fully saturated rings. The quantitative estimate of drug-likeness (QED) is 0.827. The van der Waals surface area contributed by atoms with E-state index in [0.717, 1.165) is 36.4 Å². The van der Waals surface area contributed by atoms with Crippen molar-refractivity contribution in [1.29, 1.82) is 0 Å². The largest absolute Gasteiger partial charge is 0.494 e. The minimum atomic E-state index is -0.216. The summed E-state index contributed by atoms with van der Waals surface area (Å²) in [4.78, 5) is 12.1. The summed E-state index contributed by atoms with van der Waals surface area (Å²) in [7, 11) is 0. The Morgan fingerprint density at radius 2 is 1.82 bits per heavy atom. The maximum absolute atomic E-state index is 12.1. The molecule has 0 saturated carbocycles. The van der Waals surface area contributed by atoms with Gasteiger partial charge in [0.05, 0.1) is 12.2 Å². The molecule has 1 amide bonds. The van der Waals surface area contributed by atoms with Crippen LogP contribution in [0.4, 0.5) is 5.69 Å². The second-order valence-electron chi connectivity index (χ2n) is 5.37. The van der Waals surface area contributed by atoms with Gasteiger partial charge in [-0.25, -0.2) is 0 Å². The van der Waals surface area contributed by atoms with Crippen LogP contribution in [0.1, 0.15) is 41.9 Å². The summed E-state index contributed by atoms with van der Waals surface area (Å²) in [5.41, 5.74) is 2.54. The zero-order chi connectivity index (χ0) is 15.4. The first-order valence-corrected chi connectivity index (χ1v) is 7.67.